The lowest BCUT2D eigenvalue weighted by Gasteiger charge is -2.20. The Hall–Kier alpha value is -1.34. The van der Waals surface area contributed by atoms with Gasteiger partial charge in [-0.3, -0.25) is 0 Å². The lowest BCUT2D eigenvalue weighted by molar-refractivity contribution is -0.155. The molecule has 2 unspecified atom stereocenters. The zero-order valence-corrected chi connectivity index (χ0v) is 11.4. The average Bonchev–Trinajstić information content (AvgIpc) is 2.23. The first kappa shape index (κ1) is 16.7. The van der Waals surface area contributed by atoms with Gasteiger partial charge in [-0.05, 0) is 40.9 Å². The van der Waals surface area contributed by atoms with Crippen molar-refractivity contribution in [2.45, 2.75) is 31.9 Å². The third-order valence-electron chi connectivity index (χ3n) is 2.44. The number of nitrogens with zero attached hydrogens (tertiary/aromatic N) is 1. The smallest absolute Gasteiger partial charge is 0.337 e. The molecule has 0 aliphatic rings. The Kier molecular flexibility index (Phi) is 6.64. The third-order valence-corrected chi connectivity index (χ3v) is 2.44. The number of carbonyl (C=O) groups is 2. The zero-order chi connectivity index (χ0) is 14.3. The number of carboxylic acid groups (broad SMARTS) is 1. The number of urea groups is 1. The summed E-state index contributed by atoms with van der Waals surface area (Å²) >= 11 is 0. The van der Waals surface area contributed by atoms with Crippen LogP contribution in [0.5, 0.6) is 0 Å². The fraction of sp³-hybridized carbons (Fsp3) is 0.818. The summed E-state index contributed by atoms with van der Waals surface area (Å²) in [5, 5.41) is 23.1. The first-order chi connectivity index (χ1) is 8.15. The van der Waals surface area contributed by atoms with Gasteiger partial charge in [0.25, 0.3) is 0 Å². The second kappa shape index (κ2) is 7.17. The van der Waals surface area contributed by atoms with Crippen LogP contribution in [0.15, 0.2) is 0 Å². The normalized spacial score (nSPS) is 15.9. The Bertz CT molecular complexity index is 292. The van der Waals surface area contributed by atoms with Gasteiger partial charge in [0.15, 0.2) is 5.60 Å². The molecule has 0 saturated carbocycles. The van der Waals surface area contributed by atoms with Gasteiger partial charge < -0.3 is 25.7 Å². The number of hydrogen-bond acceptors (Lipinski definition) is 4. The van der Waals surface area contributed by atoms with Crippen LogP contribution in [-0.4, -0.2) is 65.9 Å². The lowest BCUT2D eigenvalue weighted by atomic mass is 10.1. The van der Waals surface area contributed by atoms with Gasteiger partial charge in [0.2, 0.25) is 0 Å². The van der Waals surface area contributed by atoms with Crippen molar-refractivity contribution in [3.8, 4) is 0 Å². The number of hydrogen-bond donors (Lipinski definition) is 4. The molecule has 0 aromatic carbocycles. The Morgan fingerprint density at radius 1 is 1.39 bits per heavy atom. The summed E-state index contributed by atoms with van der Waals surface area (Å²) in [6, 6.07) is -0.509. The van der Waals surface area contributed by atoms with E-state index in [1.807, 2.05) is 25.9 Å². The molecule has 0 rings (SSSR count). The van der Waals surface area contributed by atoms with Crippen LogP contribution in [0, 0.1) is 0 Å². The van der Waals surface area contributed by atoms with Crippen molar-refractivity contribution in [1.29, 1.82) is 0 Å². The van der Waals surface area contributed by atoms with E-state index >= 15 is 0 Å². The monoisotopic (exact) mass is 261 g/mol. The van der Waals surface area contributed by atoms with Gasteiger partial charge in [0.1, 0.15) is 0 Å². The molecule has 4 N–H and O–H groups in total. The molecule has 0 radical (unpaired) electrons. The van der Waals surface area contributed by atoms with Crippen LogP contribution in [0.4, 0.5) is 4.79 Å². The van der Waals surface area contributed by atoms with Crippen LogP contribution in [0.1, 0.15) is 20.3 Å². The molecule has 0 saturated heterocycles. The van der Waals surface area contributed by atoms with Gasteiger partial charge in [-0.2, -0.15) is 0 Å². The molecule has 2 amide bonds. The number of carbonyl (C=O) groups excluding carboxylic acids is 1. The van der Waals surface area contributed by atoms with Gasteiger partial charge >= 0.3 is 12.0 Å². The van der Waals surface area contributed by atoms with E-state index in [1.165, 1.54) is 0 Å². The molecule has 7 nitrogen and oxygen atoms in total. The molecule has 0 aliphatic heterocycles. The van der Waals surface area contributed by atoms with Crippen molar-refractivity contribution in [3.63, 3.8) is 0 Å². The highest BCUT2D eigenvalue weighted by atomic mass is 16.4. The second-order valence-corrected chi connectivity index (χ2v) is 4.90. The van der Waals surface area contributed by atoms with Crippen molar-refractivity contribution in [1.82, 2.24) is 15.5 Å². The molecular weight excluding hydrogens is 238 g/mol. The fourth-order valence-electron chi connectivity index (χ4n) is 1.13. The fourth-order valence-corrected chi connectivity index (χ4v) is 1.13. The molecule has 0 aromatic rings. The van der Waals surface area contributed by atoms with Gasteiger partial charge in [0.05, 0.1) is 6.54 Å². The Labute approximate surface area is 107 Å². The molecule has 18 heavy (non-hydrogen) atoms. The van der Waals surface area contributed by atoms with Gasteiger partial charge in [-0.15, -0.1) is 0 Å². The van der Waals surface area contributed by atoms with Crippen LogP contribution in [0.25, 0.3) is 0 Å². The molecule has 0 aromatic heterocycles. The first-order valence-corrected chi connectivity index (χ1v) is 5.80. The number of aliphatic carboxylic acids is 1. The van der Waals surface area contributed by atoms with E-state index in [-0.39, 0.29) is 12.6 Å². The maximum atomic E-state index is 11.4. The standard InChI is InChI=1S/C11H23N3O4/c1-8(5-6-14(3)4)13-10(17)12-7-11(2,18)9(15)16/h8,18H,5-7H2,1-4H3,(H,15,16)(H2,12,13,17). The largest absolute Gasteiger partial charge is 0.479 e. The van der Waals surface area contributed by atoms with E-state index in [0.717, 1.165) is 19.9 Å². The van der Waals surface area contributed by atoms with Crippen LogP contribution >= 0.6 is 0 Å². The van der Waals surface area contributed by atoms with E-state index in [1.54, 1.807) is 0 Å². The van der Waals surface area contributed by atoms with E-state index in [9.17, 15) is 14.7 Å². The summed E-state index contributed by atoms with van der Waals surface area (Å²) in [4.78, 5) is 24.0. The second-order valence-electron chi connectivity index (χ2n) is 4.90. The molecule has 0 bridgehead atoms. The Morgan fingerprint density at radius 2 is 1.94 bits per heavy atom. The molecule has 7 heteroatoms. The molecule has 0 aliphatic carbocycles. The number of rotatable bonds is 7. The molecule has 0 fully saturated rings. The molecule has 0 spiro atoms. The van der Waals surface area contributed by atoms with E-state index in [2.05, 4.69) is 10.6 Å². The summed E-state index contributed by atoms with van der Waals surface area (Å²) in [6.45, 7) is 3.49. The van der Waals surface area contributed by atoms with Crippen LogP contribution in [0.3, 0.4) is 0 Å². The molecule has 2 atom stereocenters. The minimum Gasteiger partial charge on any atom is -0.479 e. The SMILES string of the molecule is CC(CCN(C)C)NC(=O)NCC(C)(O)C(=O)O. The quantitative estimate of drug-likeness (QED) is 0.493. The molecule has 0 heterocycles. The number of nitrogens with one attached hydrogen (secondary N) is 2. The number of aliphatic hydroxyl groups is 1. The maximum Gasteiger partial charge on any atom is 0.337 e. The highest BCUT2D eigenvalue weighted by Gasteiger charge is 2.30. The molecule has 106 valence electrons. The average molecular weight is 261 g/mol. The summed E-state index contributed by atoms with van der Waals surface area (Å²) in [6.07, 6.45) is 0.787. The lowest BCUT2D eigenvalue weighted by Crippen LogP contribution is -2.50. The summed E-state index contributed by atoms with van der Waals surface area (Å²) in [7, 11) is 3.88. The van der Waals surface area contributed by atoms with Gasteiger partial charge in [0, 0.05) is 6.04 Å². The minimum atomic E-state index is -1.95. The van der Waals surface area contributed by atoms with Crippen molar-refractivity contribution >= 4 is 12.0 Å². The van der Waals surface area contributed by atoms with Gasteiger partial charge in [-0.25, -0.2) is 9.59 Å². The highest BCUT2D eigenvalue weighted by molar-refractivity contribution is 5.79. The number of amides is 2. The third kappa shape index (κ3) is 7.08. The predicted molar refractivity (Wildman–Crippen MR) is 67.4 cm³/mol. The zero-order valence-electron chi connectivity index (χ0n) is 11.4. The van der Waals surface area contributed by atoms with E-state index in [4.69, 9.17) is 5.11 Å². The van der Waals surface area contributed by atoms with E-state index in [0.29, 0.717) is 0 Å². The number of carboxylic acids is 1. The van der Waals surface area contributed by atoms with Crippen LogP contribution in [-0.2, 0) is 4.79 Å². The Balaban J connectivity index is 3.94. The predicted octanol–water partition coefficient (Wildman–Crippen LogP) is -0.539. The molecular formula is C11H23N3O4. The van der Waals surface area contributed by atoms with Crippen LogP contribution < -0.4 is 10.6 Å². The highest BCUT2D eigenvalue weighted by Crippen LogP contribution is 2.00. The van der Waals surface area contributed by atoms with Crippen molar-refractivity contribution in [2.24, 2.45) is 0 Å². The summed E-state index contributed by atoms with van der Waals surface area (Å²) in [5.41, 5.74) is -1.95. The maximum absolute atomic E-state index is 11.4. The Morgan fingerprint density at radius 3 is 2.39 bits per heavy atom. The summed E-state index contributed by atoms with van der Waals surface area (Å²) in [5.74, 6) is -1.37. The summed E-state index contributed by atoms with van der Waals surface area (Å²) < 4.78 is 0. The first-order valence-electron chi connectivity index (χ1n) is 5.80. The van der Waals surface area contributed by atoms with Crippen molar-refractivity contribution in [2.75, 3.05) is 27.2 Å². The van der Waals surface area contributed by atoms with Crippen molar-refractivity contribution in [3.05, 3.63) is 0 Å². The minimum absolute atomic E-state index is 0.0258. The van der Waals surface area contributed by atoms with Crippen molar-refractivity contribution < 1.29 is 19.8 Å². The van der Waals surface area contributed by atoms with E-state index < -0.39 is 17.6 Å². The topological polar surface area (TPSA) is 102 Å². The van der Waals surface area contributed by atoms with Crippen LogP contribution in [0.2, 0.25) is 0 Å². The van der Waals surface area contributed by atoms with Gasteiger partial charge in [-0.1, -0.05) is 0 Å².